The molecule has 4 heteroatoms. The number of hydrogen-bond acceptors (Lipinski definition) is 2. The molecule has 1 radical (unpaired) electrons. The number of aromatic hydroxyl groups is 1. The Hall–Kier alpha value is -0.662. The minimum atomic E-state index is -3.00. The van der Waals surface area contributed by atoms with Gasteiger partial charge >= 0.3 is 68.7 Å². The number of benzene rings is 1. The molecule has 1 aromatic rings. The number of phenolic OH excluding ortho intramolecular Hbond substituents is 1. The predicted molar refractivity (Wildman–Crippen MR) is 41.1 cm³/mol. The van der Waals surface area contributed by atoms with Crippen LogP contribution in [0.5, 0.6) is 5.75 Å². The van der Waals surface area contributed by atoms with Crippen molar-refractivity contribution in [2.24, 2.45) is 0 Å². The monoisotopic (exact) mass is 215 g/mol. The summed E-state index contributed by atoms with van der Waals surface area (Å²) in [5, 5.41) is 9.06. The van der Waals surface area contributed by atoms with Crippen molar-refractivity contribution in [2.45, 2.75) is 6.92 Å². The van der Waals surface area contributed by atoms with Crippen molar-refractivity contribution < 1.29 is 12.9 Å². The molecule has 1 aromatic carbocycles. The Labute approximate surface area is 69.1 Å². The molecule has 1 atom stereocenters. The van der Waals surface area contributed by atoms with E-state index in [-0.39, 0.29) is 5.75 Å². The number of hydrogen-bond donors (Lipinski definition) is 2. The molecule has 0 fully saturated rings. The molecular formula is C7H8AsO3. The molecular weight excluding hydrogens is 207 g/mol. The van der Waals surface area contributed by atoms with Gasteiger partial charge in [0.05, 0.1) is 0 Å². The molecule has 0 heterocycles. The van der Waals surface area contributed by atoms with Crippen LogP contribution in [-0.2, 0) is 3.74 Å². The van der Waals surface area contributed by atoms with Gasteiger partial charge in [0.15, 0.2) is 0 Å². The van der Waals surface area contributed by atoms with E-state index in [9.17, 15) is 3.74 Å². The molecule has 11 heavy (non-hydrogen) atoms. The molecule has 1 unspecified atom stereocenters. The maximum atomic E-state index is 10.6. The second-order valence-corrected chi connectivity index (χ2v) is 4.47. The average molecular weight is 215 g/mol. The van der Waals surface area contributed by atoms with E-state index < -0.39 is 14.9 Å². The summed E-state index contributed by atoms with van der Waals surface area (Å²) in [6, 6.07) is 4.43. The van der Waals surface area contributed by atoms with Gasteiger partial charge in [-0.25, -0.2) is 0 Å². The predicted octanol–water partition coefficient (Wildman–Crippen LogP) is -0.181. The first-order valence-corrected chi connectivity index (χ1v) is 5.61. The van der Waals surface area contributed by atoms with E-state index in [1.165, 1.54) is 18.2 Å². The van der Waals surface area contributed by atoms with Gasteiger partial charge in [-0.1, -0.05) is 0 Å². The molecule has 59 valence electrons. The molecule has 0 aliphatic heterocycles. The minimum absolute atomic E-state index is 0.157. The van der Waals surface area contributed by atoms with Crippen molar-refractivity contribution in [3.63, 3.8) is 0 Å². The fourth-order valence-corrected chi connectivity index (χ4v) is 1.82. The number of aryl methyl sites for hydroxylation is 1. The van der Waals surface area contributed by atoms with Gasteiger partial charge in [0.2, 0.25) is 0 Å². The van der Waals surface area contributed by atoms with Crippen LogP contribution in [0.2, 0.25) is 0 Å². The normalized spacial score (nSPS) is 11.3. The Kier molecular flexibility index (Phi) is 2.42. The van der Waals surface area contributed by atoms with E-state index in [2.05, 4.69) is 0 Å². The summed E-state index contributed by atoms with van der Waals surface area (Å²) < 4.78 is 19.8. The van der Waals surface area contributed by atoms with E-state index in [0.29, 0.717) is 9.91 Å². The summed E-state index contributed by atoms with van der Waals surface area (Å²) in [5.74, 6) is 0.157. The molecule has 0 aliphatic rings. The van der Waals surface area contributed by atoms with E-state index in [4.69, 9.17) is 9.20 Å². The standard InChI is InChI=1S/C7H8AsO3/c1-5-4-6(8(10)11)2-3-7(5)9/h2-4,9H,1H3,(H,10,11). The maximum absolute atomic E-state index is 10.6. The van der Waals surface area contributed by atoms with Crippen molar-refractivity contribution in [3.05, 3.63) is 23.8 Å². The first-order chi connectivity index (χ1) is 5.11. The molecule has 0 amide bonds. The third-order valence-corrected chi connectivity index (χ3v) is 2.91. The van der Waals surface area contributed by atoms with Crippen molar-refractivity contribution >= 4 is 19.3 Å². The second-order valence-electron chi connectivity index (χ2n) is 2.24. The number of rotatable bonds is 1. The summed E-state index contributed by atoms with van der Waals surface area (Å²) in [6.45, 7) is 1.69. The van der Waals surface area contributed by atoms with Crippen LogP contribution in [0.25, 0.3) is 0 Å². The Balaban J connectivity index is 3.15. The van der Waals surface area contributed by atoms with Gasteiger partial charge in [-0.05, 0) is 0 Å². The van der Waals surface area contributed by atoms with Gasteiger partial charge in [0, 0.05) is 0 Å². The van der Waals surface area contributed by atoms with E-state index >= 15 is 0 Å². The van der Waals surface area contributed by atoms with Crippen molar-refractivity contribution in [1.82, 2.24) is 0 Å². The van der Waals surface area contributed by atoms with Crippen LogP contribution in [-0.4, -0.2) is 24.1 Å². The zero-order valence-electron chi connectivity index (χ0n) is 5.98. The Bertz CT molecular complexity index is 296. The van der Waals surface area contributed by atoms with Crippen LogP contribution in [0.4, 0.5) is 0 Å². The fraction of sp³-hybridized carbons (Fsp3) is 0.143. The summed E-state index contributed by atoms with van der Waals surface area (Å²) in [4.78, 5) is 0. The van der Waals surface area contributed by atoms with Crippen LogP contribution < -0.4 is 4.35 Å². The van der Waals surface area contributed by atoms with Gasteiger partial charge in [-0.3, -0.25) is 0 Å². The first-order valence-electron chi connectivity index (χ1n) is 3.07. The van der Waals surface area contributed by atoms with Crippen LogP contribution in [0.15, 0.2) is 18.2 Å². The van der Waals surface area contributed by atoms with Gasteiger partial charge < -0.3 is 0 Å². The zero-order chi connectivity index (χ0) is 8.43. The summed E-state index contributed by atoms with van der Waals surface area (Å²) >= 11 is -3.00. The average Bonchev–Trinajstić information content (AvgIpc) is 1.94. The zero-order valence-corrected chi connectivity index (χ0v) is 7.86. The van der Waals surface area contributed by atoms with Gasteiger partial charge in [-0.2, -0.15) is 0 Å². The van der Waals surface area contributed by atoms with Crippen LogP contribution in [0.3, 0.4) is 0 Å². The van der Waals surface area contributed by atoms with E-state index in [0.717, 1.165) is 0 Å². The third-order valence-electron chi connectivity index (χ3n) is 1.40. The van der Waals surface area contributed by atoms with Gasteiger partial charge in [0.25, 0.3) is 0 Å². The van der Waals surface area contributed by atoms with E-state index in [1.54, 1.807) is 6.92 Å². The summed E-state index contributed by atoms with van der Waals surface area (Å²) in [5.41, 5.74) is 0.631. The molecule has 0 saturated heterocycles. The van der Waals surface area contributed by atoms with Crippen molar-refractivity contribution in [3.8, 4) is 5.75 Å². The molecule has 1 rings (SSSR count). The third kappa shape index (κ3) is 1.88. The van der Waals surface area contributed by atoms with Crippen LogP contribution in [0.1, 0.15) is 5.56 Å². The second kappa shape index (κ2) is 3.16. The van der Waals surface area contributed by atoms with Crippen molar-refractivity contribution in [2.75, 3.05) is 0 Å². The summed E-state index contributed by atoms with van der Waals surface area (Å²) in [6.07, 6.45) is 0. The molecule has 0 saturated carbocycles. The van der Waals surface area contributed by atoms with Gasteiger partial charge in [-0.15, -0.1) is 0 Å². The Morgan fingerprint density at radius 2 is 2.09 bits per heavy atom. The van der Waals surface area contributed by atoms with Crippen LogP contribution in [0, 0.1) is 6.92 Å². The fourth-order valence-electron chi connectivity index (χ4n) is 0.759. The quantitative estimate of drug-likeness (QED) is 0.639. The Morgan fingerprint density at radius 1 is 1.45 bits per heavy atom. The molecule has 0 spiro atoms. The number of phenols is 1. The SMILES string of the molecule is Cc1cc([As](=O)O)ccc1O. The van der Waals surface area contributed by atoms with Gasteiger partial charge in [0.1, 0.15) is 0 Å². The summed E-state index contributed by atoms with van der Waals surface area (Å²) in [7, 11) is 0. The molecule has 3 nitrogen and oxygen atoms in total. The molecule has 0 bridgehead atoms. The Morgan fingerprint density at radius 3 is 2.55 bits per heavy atom. The van der Waals surface area contributed by atoms with E-state index in [1.807, 2.05) is 0 Å². The van der Waals surface area contributed by atoms with Crippen LogP contribution >= 0.6 is 0 Å². The first kappa shape index (κ1) is 8.44. The van der Waals surface area contributed by atoms with Crippen molar-refractivity contribution in [1.29, 1.82) is 0 Å². The molecule has 0 aromatic heterocycles. The topological polar surface area (TPSA) is 57.5 Å². The molecule has 2 N–H and O–H groups in total. The molecule has 0 aliphatic carbocycles.